The van der Waals surface area contributed by atoms with Gasteiger partial charge >= 0.3 is 0 Å². The summed E-state index contributed by atoms with van der Waals surface area (Å²) in [7, 11) is 0. The largest absolute Gasteiger partial charge is 0.452 e. The Bertz CT molecular complexity index is 2610. The number of hydrogen-bond donors (Lipinski definition) is 0. The number of furan rings is 1. The molecule has 4 heteroatoms. The Labute approximate surface area is 252 Å². The van der Waals surface area contributed by atoms with Crippen molar-refractivity contribution >= 4 is 65.4 Å². The molecule has 206 valence electrons. The number of fused-ring (bicyclic) bond motifs is 10. The number of benzene rings is 6. The Morgan fingerprint density at radius 2 is 1.11 bits per heavy atom. The molecule has 3 heterocycles. The van der Waals surface area contributed by atoms with Gasteiger partial charge in [-0.1, -0.05) is 103 Å². The molecule has 0 bridgehead atoms. The van der Waals surface area contributed by atoms with Crippen molar-refractivity contribution in [1.29, 1.82) is 0 Å². The fraction of sp³-hybridized carbons (Fsp3) is 0. The van der Waals surface area contributed by atoms with Gasteiger partial charge in [0.2, 0.25) is 0 Å². The molecule has 0 fully saturated rings. The van der Waals surface area contributed by atoms with E-state index in [2.05, 4.69) is 154 Å². The van der Waals surface area contributed by atoms with Gasteiger partial charge in [0.05, 0.1) is 17.2 Å². The zero-order chi connectivity index (χ0) is 29.0. The van der Waals surface area contributed by atoms with Crippen LogP contribution in [0.25, 0.3) is 82.2 Å². The van der Waals surface area contributed by atoms with Crippen LogP contribution in [0.15, 0.2) is 156 Å². The van der Waals surface area contributed by atoms with Crippen molar-refractivity contribution in [2.24, 2.45) is 0 Å². The summed E-state index contributed by atoms with van der Waals surface area (Å²) < 4.78 is 8.76. The highest BCUT2D eigenvalue weighted by atomic mass is 16.3. The maximum atomic E-state index is 6.36. The van der Waals surface area contributed by atoms with E-state index >= 15 is 0 Å². The summed E-state index contributed by atoms with van der Waals surface area (Å²) in [4.78, 5) is 8.70. The minimum absolute atomic E-state index is 0.687. The Morgan fingerprint density at radius 3 is 1.89 bits per heavy atom. The quantitative estimate of drug-likeness (QED) is 0.210. The topological polar surface area (TPSA) is 43.9 Å². The number of para-hydroxylation sites is 3. The third-order valence-corrected chi connectivity index (χ3v) is 8.59. The standard InChI is InChI=1S/C40H25N3O/c1-2-11-27(12-3-1)43-36-20-9-8-17-33(36)31-15-6-4-13-29(31)30-14-5-7-16-32(30)35-23-26(21-22-37(35)43)28-18-10-19-34-39-38(44-40(28)34)24-41-25-42-39/h1-25H. The van der Waals surface area contributed by atoms with Gasteiger partial charge in [0, 0.05) is 27.4 Å². The van der Waals surface area contributed by atoms with Crippen LogP contribution >= 0.6 is 0 Å². The lowest BCUT2D eigenvalue weighted by Gasteiger charge is -2.14. The molecule has 0 aliphatic heterocycles. The molecule has 9 rings (SSSR count). The van der Waals surface area contributed by atoms with Crippen LogP contribution < -0.4 is 0 Å². The van der Waals surface area contributed by atoms with Crippen molar-refractivity contribution in [2.75, 3.05) is 0 Å². The van der Waals surface area contributed by atoms with E-state index in [-0.39, 0.29) is 0 Å². The average molecular weight is 564 g/mol. The van der Waals surface area contributed by atoms with E-state index in [1.54, 1.807) is 12.5 Å². The SMILES string of the molecule is c1ccc(-n2c3ccccc3c3ccccc3c3ccccc3c3cc(-c4cccc5c4oc4cncnc45)ccc32)cc1. The second kappa shape index (κ2) is 9.79. The summed E-state index contributed by atoms with van der Waals surface area (Å²) in [5.41, 5.74) is 7.76. The Hall–Kier alpha value is -6.00. The summed E-state index contributed by atoms with van der Waals surface area (Å²) in [6.45, 7) is 0. The van der Waals surface area contributed by atoms with E-state index in [4.69, 9.17) is 4.42 Å². The van der Waals surface area contributed by atoms with Crippen LogP contribution in [0.2, 0.25) is 0 Å². The van der Waals surface area contributed by atoms with E-state index < -0.39 is 0 Å². The lowest BCUT2D eigenvalue weighted by molar-refractivity contribution is 0.666. The number of hydrogen-bond acceptors (Lipinski definition) is 3. The third kappa shape index (κ3) is 3.71. The molecule has 0 atom stereocenters. The van der Waals surface area contributed by atoms with Gasteiger partial charge in [0.15, 0.2) is 5.58 Å². The molecule has 4 nitrogen and oxygen atoms in total. The molecule has 0 unspecified atom stereocenters. The molecular weight excluding hydrogens is 538 g/mol. The molecule has 3 aromatic heterocycles. The predicted octanol–water partition coefficient (Wildman–Crippen LogP) is 10.6. The monoisotopic (exact) mass is 563 g/mol. The molecule has 0 amide bonds. The molecule has 6 aromatic carbocycles. The van der Waals surface area contributed by atoms with Crippen molar-refractivity contribution in [2.45, 2.75) is 0 Å². The van der Waals surface area contributed by atoms with E-state index in [0.717, 1.165) is 49.7 Å². The van der Waals surface area contributed by atoms with Crippen LogP contribution in [-0.2, 0) is 0 Å². The summed E-state index contributed by atoms with van der Waals surface area (Å²) in [5, 5.41) is 8.10. The minimum Gasteiger partial charge on any atom is -0.452 e. The van der Waals surface area contributed by atoms with Crippen LogP contribution in [0.3, 0.4) is 0 Å². The summed E-state index contributed by atoms with van der Waals surface area (Å²) in [6.07, 6.45) is 3.31. The van der Waals surface area contributed by atoms with Crippen molar-refractivity contribution in [1.82, 2.24) is 14.5 Å². The van der Waals surface area contributed by atoms with Gasteiger partial charge in [0.25, 0.3) is 0 Å². The van der Waals surface area contributed by atoms with Crippen molar-refractivity contribution in [3.63, 3.8) is 0 Å². The molecule has 0 saturated heterocycles. The lowest BCUT2D eigenvalue weighted by Crippen LogP contribution is -1.97. The van der Waals surface area contributed by atoms with Gasteiger partial charge in [-0.25, -0.2) is 9.97 Å². The highest BCUT2D eigenvalue weighted by molar-refractivity contribution is 6.20. The van der Waals surface area contributed by atoms with Gasteiger partial charge < -0.3 is 8.98 Å². The Kier molecular flexibility index (Phi) is 5.47. The van der Waals surface area contributed by atoms with Crippen LogP contribution in [0.5, 0.6) is 0 Å². The number of aromatic nitrogens is 3. The summed E-state index contributed by atoms with van der Waals surface area (Å²) >= 11 is 0. The van der Waals surface area contributed by atoms with Gasteiger partial charge in [-0.05, 0) is 63.5 Å². The van der Waals surface area contributed by atoms with E-state index in [1.807, 2.05) is 0 Å². The molecule has 0 aliphatic carbocycles. The lowest BCUT2D eigenvalue weighted by atomic mass is 9.98. The fourth-order valence-electron chi connectivity index (χ4n) is 6.67. The Morgan fingerprint density at radius 1 is 0.500 bits per heavy atom. The van der Waals surface area contributed by atoms with Crippen molar-refractivity contribution in [3.8, 4) is 16.8 Å². The second-order valence-electron chi connectivity index (χ2n) is 11.0. The maximum Gasteiger partial charge on any atom is 0.172 e. The molecule has 9 aromatic rings. The van der Waals surface area contributed by atoms with Crippen LogP contribution in [0, 0.1) is 0 Å². The normalized spacial score (nSPS) is 11.6. The van der Waals surface area contributed by atoms with Crippen molar-refractivity contribution in [3.05, 3.63) is 152 Å². The van der Waals surface area contributed by atoms with Crippen LogP contribution in [0.4, 0.5) is 0 Å². The molecule has 0 aliphatic rings. The second-order valence-corrected chi connectivity index (χ2v) is 11.0. The zero-order valence-corrected chi connectivity index (χ0v) is 23.7. The predicted molar refractivity (Wildman–Crippen MR) is 182 cm³/mol. The first-order valence-electron chi connectivity index (χ1n) is 14.7. The highest BCUT2D eigenvalue weighted by Crippen LogP contribution is 2.38. The number of nitrogens with zero attached hydrogens (tertiary/aromatic N) is 3. The number of rotatable bonds is 2. The first-order chi connectivity index (χ1) is 21.8. The summed E-state index contributed by atoms with van der Waals surface area (Å²) in [5.74, 6) is 0. The van der Waals surface area contributed by atoms with Gasteiger partial charge in [-0.2, -0.15) is 0 Å². The average Bonchev–Trinajstić information content (AvgIpc) is 3.49. The third-order valence-electron chi connectivity index (χ3n) is 8.59. The smallest absolute Gasteiger partial charge is 0.172 e. The van der Waals surface area contributed by atoms with E-state index in [9.17, 15) is 0 Å². The van der Waals surface area contributed by atoms with E-state index in [0.29, 0.717) is 5.58 Å². The first kappa shape index (κ1) is 24.6. The van der Waals surface area contributed by atoms with E-state index in [1.165, 1.54) is 26.9 Å². The summed E-state index contributed by atoms with van der Waals surface area (Å²) in [6, 6.07) is 49.9. The molecule has 0 N–H and O–H groups in total. The Balaban J connectivity index is 1.53. The zero-order valence-electron chi connectivity index (χ0n) is 23.7. The van der Waals surface area contributed by atoms with Gasteiger partial charge in [0.1, 0.15) is 17.4 Å². The van der Waals surface area contributed by atoms with Crippen LogP contribution in [0.1, 0.15) is 0 Å². The molecule has 0 saturated carbocycles. The first-order valence-corrected chi connectivity index (χ1v) is 14.7. The van der Waals surface area contributed by atoms with Gasteiger partial charge in [-0.3, -0.25) is 0 Å². The van der Waals surface area contributed by atoms with Gasteiger partial charge in [-0.15, -0.1) is 0 Å². The highest BCUT2D eigenvalue weighted by Gasteiger charge is 2.15. The molecule has 44 heavy (non-hydrogen) atoms. The maximum absolute atomic E-state index is 6.36. The molecular formula is C40H25N3O. The van der Waals surface area contributed by atoms with Crippen molar-refractivity contribution < 1.29 is 4.42 Å². The fourth-order valence-corrected chi connectivity index (χ4v) is 6.67. The molecule has 0 spiro atoms. The van der Waals surface area contributed by atoms with Crippen LogP contribution in [-0.4, -0.2) is 14.5 Å². The molecule has 0 radical (unpaired) electrons. The minimum atomic E-state index is 0.687.